The van der Waals surface area contributed by atoms with Gasteiger partial charge in [0.05, 0.1) is 18.7 Å². The Balaban J connectivity index is 1.60. The Morgan fingerprint density at radius 3 is 2.68 bits per heavy atom. The summed E-state index contributed by atoms with van der Waals surface area (Å²) in [5.41, 5.74) is 3.48. The molecule has 3 aromatic rings. The molecule has 0 aliphatic carbocycles. The number of rotatable bonds is 6. The molecule has 0 unspecified atom stereocenters. The number of hydrogen-bond acceptors (Lipinski definition) is 3. The van der Waals surface area contributed by atoms with Crippen LogP contribution >= 0.6 is 0 Å². The second-order valence-electron chi connectivity index (χ2n) is 6.61. The molecule has 0 fully saturated rings. The van der Waals surface area contributed by atoms with Gasteiger partial charge in [0, 0.05) is 18.1 Å². The van der Waals surface area contributed by atoms with Crippen molar-refractivity contribution in [3.8, 4) is 5.75 Å². The second kappa shape index (κ2) is 7.38. The van der Waals surface area contributed by atoms with Gasteiger partial charge in [-0.05, 0) is 48.7 Å². The molecule has 5 heteroatoms. The average Bonchev–Trinajstić information content (AvgIpc) is 2.98. The molecule has 2 aromatic heterocycles. The van der Waals surface area contributed by atoms with Crippen LogP contribution in [-0.4, -0.2) is 21.9 Å². The lowest BCUT2D eigenvalue weighted by atomic mass is 10.2. The minimum Gasteiger partial charge on any atom is -0.493 e. The van der Waals surface area contributed by atoms with Crippen LogP contribution in [0.25, 0.3) is 5.65 Å². The lowest BCUT2D eigenvalue weighted by Gasteiger charge is -2.09. The summed E-state index contributed by atoms with van der Waals surface area (Å²) in [4.78, 5) is 16.8. The highest BCUT2D eigenvalue weighted by Crippen LogP contribution is 2.17. The summed E-state index contributed by atoms with van der Waals surface area (Å²) in [6.07, 6.45) is 4.07. The fourth-order valence-electron chi connectivity index (χ4n) is 2.56. The van der Waals surface area contributed by atoms with Crippen LogP contribution in [0, 0.1) is 12.8 Å². The zero-order valence-corrected chi connectivity index (χ0v) is 14.8. The number of ether oxygens (including phenoxy) is 1. The predicted molar refractivity (Wildman–Crippen MR) is 99.0 cm³/mol. The molecule has 0 spiro atoms. The van der Waals surface area contributed by atoms with Crippen LogP contribution in [0.3, 0.4) is 0 Å². The molecule has 5 nitrogen and oxygen atoms in total. The van der Waals surface area contributed by atoms with Crippen molar-refractivity contribution in [2.45, 2.75) is 27.2 Å². The van der Waals surface area contributed by atoms with Gasteiger partial charge in [-0.25, -0.2) is 4.98 Å². The maximum Gasteiger partial charge on any atom is 0.230 e. The SMILES string of the molecule is Cc1cccn2cc(CC(=O)Nc3ccc(OCC(C)C)cc3)nc12. The van der Waals surface area contributed by atoms with Crippen LogP contribution in [0.5, 0.6) is 5.75 Å². The van der Waals surface area contributed by atoms with Crippen LogP contribution in [0.4, 0.5) is 5.69 Å². The van der Waals surface area contributed by atoms with Crippen molar-refractivity contribution >= 4 is 17.2 Å². The van der Waals surface area contributed by atoms with Gasteiger partial charge in [0.2, 0.25) is 5.91 Å². The Morgan fingerprint density at radius 1 is 1.24 bits per heavy atom. The highest BCUT2D eigenvalue weighted by Gasteiger charge is 2.09. The van der Waals surface area contributed by atoms with E-state index in [1.54, 1.807) is 0 Å². The van der Waals surface area contributed by atoms with Gasteiger partial charge in [-0.15, -0.1) is 0 Å². The Bertz CT molecular complexity index is 866. The number of amides is 1. The molecule has 0 radical (unpaired) electrons. The average molecular weight is 337 g/mol. The van der Waals surface area contributed by atoms with Gasteiger partial charge in [-0.2, -0.15) is 0 Å². The van der Waals surface area contributed by atoms with Gasteiger partial charge in [0.15, 0.2) is 0 Å². The number of hydrogen-bond donors (Lipinski definition) is 1. The van der Waals surface area contributed by atoms with Crippen molar-refractivity contribution < 1.29 is 9.53 Å². The Morgan fingerprint density at radius 2 is 2.00 bits per heavy atom. The van der Waals surface area contributed by atoms with E-state index in [9.17, 15) is 4.79 Å². The summed E-state index contributed by atoms with van der Waals surface area (Å²) >= 11 is 0. The Labute approximate surface area is 147 Å². The number of anilines is 1. The Hall–Kier alpha value is -2.82. The molecule has 1 aromatic carbocycles. The largest absolute Gasteiger partial charge is 0.493 e. The molecule has 25 heavy (non-hydrogen) atoms. The summed E-state index contributed by atoms with van der Waals surface area (Å²) < 4.78 is 7.59. The first-order chi connectivity index (χ1) is 12.0. The molecular weight excluding hydrogens is 314 g/mol. The van der Waals surface area contributed by atoms with Crippen molar-refractivity contribution in [3.63, 3.8) is 0 Å². The van der Waals surface area contributed by atoms with Crippen LogP contribution < -0.4 is 10.1 Å². The highest BCUT2D eigenvalue weighted by atomic mass is 16.5. The van der Waals surface area contributed by atoms with Gasteiger partial charge in [-0.1, -0.05) is 19.9 Å². The number of fused-ring (bicyclic) bond motifs is 1. The zero-order valence-electron chi connectivity index (χ0n) is 14.8. The molecule has 1 N–H and O–H groups in total. The molecule has 0 saturated heterocycles. The van der Waals surface area contributed by atoms with Gasteiger partial charge < -0.3 is 14.5 Å². The summed E-state index contributed by atoms with van der Waals surface area (Å²) in [6, 6.07) is 11.4. The number of aromatic nitrogens is 2. The lowest BCUT2D eigenvalue weighted by molar-refractivity contribution is -0.115. The first-order valence-corrected chi connectivity index (χ1v) is 8.47. The van der Waals surface area contributed by atoms with Crippen LogP contribution in [0.1, 0.15) is 25.1 Å². The predicted octanol–water partition coefficient (Wildman–Crippen LogP) is 3.86. The molecular formula is C20H23N3O2. The molecule has 1 amide bonds. The van der Waals surface area contributed by atoms with Crippen LogP contribution in [0.15, 0.2) is 48.8 Å². The molecule has 0 saturated carbocycles. The van der Waals surface area contributed by atoms with E-state index in [-0.39, 0.29) is 12.3 Å². The molecule has 3 rings (SSSR count). The fraction of sp³-hybridized carbons (Fsp3) is 0.300. The third-order valence-electron chi connectivity index (χ3n) is 3.79. The van der Waals surface area contributed by atoms with E-state index in [0.717, 1.165) is 28.3 Å². The summed E-state index contributed by atoms with van der Waals surface area (Å²) in [6.45, 7) is 6.90. The maximum absolute atomic E-state index is 12.3. The van der Waals surface area contributed by atoms with Gasteiger partial charge in [0.25, 0.3) is 0 Å². The monoisotopic (exact) mass is 337 g/mol. The Kier molecular flexibility index (Phi) is 5.03. The van der Waals surface area contributed by atoms with Crippen molar-refractivity contribution in [1.29, 1.82) is 0 Å². The zero-order chi connectivity index (χ0) is 17.8. The van der Waals surface area contributed by atoms with Crippen LogP contribution in [0.2, 0.25) is 0 Å². The smallest absolute Gasteiger partial charge is 0.230 e. The molecule has 0 aliphatic heterocycles. The van der Waals surface area contributed by atoms with Gasteiger partial charge >= 0.3 is 0 Å². The van der Waals surface area contributed by atoms with Crippen molar-refractivity contribution in [3.05, 3.63) is 60.0 Å². The van der Waals surface area contributed by atoms with Crippen molar-refractivity contribution in [1.82, 2.24) is 9.38 Å². The summed E-state index contributed by atoms with van der Waals surface area (Å²) in [5.74, 6) is 1.20. The van der Waals surface area contributed by atoms with Crippen molar-refractivity contribution in [2.75, 3.05) is 11.9 Å². The third-order valence-corrected chi connectivity index (χ3v) is 3.79. The molecule has 130 valence electrons. The molecule has 0 bridgehead atoms. The molecule has 0 atom stereocenters. The standard InChI is InChI=1S/C20H23N3O2/c1-14(2)13-25-18-8-6-16(7-9-18)21-19(24)11-17-12-23-10-4-5-15(3)20(23)22-17/h4-10,12,14H,11,13H2,1-3H3,(H,21,24). The minimum atomic E-state index is -0.0862. The maximum atomic E-state index is 12.3. The van der Waals surface area contributed by atoms with E-state index in [2.05, 4.69) is 24.1 Å². The minimum absolute atomic E-state index is 0.0862. The van der Waals surface area contributed by atoms with Crippen LogP contribution in [-0.2, 0) is 11.2 Å². The number of imidazole rings is 1. The number of pyridine rings is 1. The number of benzene rings is 1. The fourth-order valence-corrected chi connectivity index (χ4v) is 2.56. The third kappa shape index (κ3) is 4.38. The molecule has 0 aliphatic rings. The van der Waals surface area contributed by atoms with E-state index in [1.807, 2.05) is 60.1 Å². The first-order valence-electron chi connectivity index (χ1n) is 8.47. The highest BCUT2D eigenvalue weighted by molar-refractivity contribution is 5.92. The number of carbonyl (C=O) groups excluding carboxylic acids is 1. The van der Waals surface area contributed by atoms with Gasteiger partial charge in [-0.3, -0.25) is 4.79 Å². The van der Waals surface area contributed by atoms with E-state index < -0.39 is 0 Å². The summed E-state index contributed by atoms with van der Waals surface area (Å²) in [7, 11) is 0. The topological polar surface area (TPSA) is 55.6 Å². The number of nitrogens with one attached hydrogen (secondary N) is 1. The van der Waals surface area contributed by atoms with E-state index in [4.69, 9.17) is 4.74 Å². The quantitative estimate of drug-likeness (QED) is 0.743. The first kappa shape index (κ1) is 17.0. The van der Waals surface area contributed by atoms with E-state index >= 15 is 0 Å². The second-order valence-corrected chi connectivity index (χ2v) is 6.61. The number of aryl methyl sites for hydroxylation is 1. The summed E-state index contributed by atoms with van der Waals surface area (Å²) in [5, 5.41) is 2.90. The lowest BCUT2D eigenvalue weighted by Crippen LogP contribution is -2.14. The van der Waals surface area contributed by atoms with Crippen molar-refractivity contribution in [2.24, 2.45) is 5.92 Å². The normalized spacial score (nSPS) is 11.0. The molecule has 2 heterocycles. The van der Waals surface area contributed by atoms with E-state index in [1.165, 1.54) is 0 Å². The van der Waals surface area contributed by atoms with E-state index in [0.29, 0.717) is 12.5 Å². The van der Waals surface area contributed by atoms with Gasteiger partial charge in [0.1, 0.15) is 11.4 Å². The number of carbonyl (C=O) groups is 1. The number of nitrogens with zero attached hydrogens (tertiary/aromatic N) is 2.